The monoisotopic (exact) mass is 233 g/mol. The van der Waals surface area contributed by atoms with Crippen LogP contribution in [0.4, 0.5) is 0 Å². The zero-order valence-electron chi connectivity index (χ0n) is 9.02. The second-order valence-corrected chi connectivity index (χ2v) is 5.64. The summed E-state index contributed by atoms with van der Waals surface area (Å²) >= 11 is 0. The summed E-state index contributed by atoms with van der Waals surface area (Å²) in [6, 6.07) is 0. The molecule has 0 unspecified atom stereocenters. The van der Waals surface area contributed by atoms with Crippen molar-refractivity contribution in [2.75, 3.05) is 5.75 Å². The summed E-state index contributed by atoms with van der Waals surface area (Å²) in [4.78, 5) is 0. The zero-order valence-corrected chi connectivity index (χ0v) is 9.84. The number of nitrogens with zero attached hydrogens (tertiary/aromatic N) is 2. The van der Waals surface area contributed by atoms with E-state index in [9.17, 15) is 8.42 Å². The number of aryl methyl sites for hydroxylation is 1. The lowest BCUT2D eigenvalue weighted by atomic mass is 10.3. The van der Waals surface area contributed by atoms with Gasteiger partial charge in [0.25, 0.3) is 0 Å². The average molecular weight is 233 g/mol. The largest absolute Gasteiger partial charge is 0.244 e. The molecule has 7 heteroatoms. The van der Waals surface area contributed by atoms with Gasteiger partial charge in [0.1, 0.15) is 11.4 Å². The number of nitrogens with one attached hydrogen (secondary N) is 1. The molecule has 0 bridgehead atoms. The van der Waals surface area contributed by atoms with Gasteiger partial charge >= 0.3 is 0 Å². The Balaban J connectivity index is 2.54. The van der Waals surface area contributed by atoms with Crippen molar-refractivity contribution in [1.82, 2.24) is 15.0 Å². The van der Waals surface area contributed by atoms with E-state index < -0.39 is 10.0 Å². The molecule has 0 aromatic carbocycles. The third-order valence-corrected chi connectivity index (χ3v) is 3.45. The van der Waals surface area contributed by atoms with Gasteiger partial charge in [0.05, 0.1) is 12.3 Å². The molecule has 0 fully saturated rings. The van der Waals surface area contributed by atoms with E-state index in [1.54, 1.807) is 6.92 Å². The summed E-state index contributed by atoms with van der Waals surface area (Å²) in [5, 5.41) is 7.14. The molecule has 0 aliphatic carbocycles. The molecule has 1 rings (SSSR count). The van der Waals surface area contributed by atoms with Gasteiger partial charge in [-0.1, -0.05) is 24.2 Å². The fourth-order valence-electron chi connectivity index (χ4n) is 1.09. The molecule has 1 aromatic rings. The molecule has 0 radical (unpaired) electrons. The molecular weight excluding hydrogens is 218 g/mol. The first-order valence-electron chi connectivity index (χ1n) is 4.66. The second kappa shape index (κ2) is 4.71. The maximum atomic E-state index is 11.5. The quantitative estimate of drug-likeness (QED) is 0.798. The molecule has 0 aliphatic heterocycles. The minimum absolute atomic E-state index is 0.0963. The Bertz CT molecular complexity index is 411. The summed E-state index contributed by atoms with van der Waals surface area (Å²) in [6.07, 6.45) is 0. The summed E-state index contributed by atoms with van der Waals surface area (Å²) < 4.78 is 29.8. The first kappa shape index (κ1) is 12.1. The summed E-state index contributed by atoms with van der Waals surface area (Å²) in [7, 11) is -3.23. The Morgan fingerprint density at radius 3 is 2.53 bits per heavy atom. The summed E-state index contributed by atoms with van der Waals surface area (Å²) in [6.45, 7) is 5.54. The Morgan fingerprint density at radius 2 is 2.07 bits per heavy atom. The van der Waals surface area contributed by atoms with Crippen LogP contribution < -0.4 is 4.72 Å². The molecule has 1 heterocycles. The SMILES string of the molecule is Cc1nonc1CNS(=O)(=O)CC(C)C. The van der Waals surface area contributed by atoms with Crippen LogP contribution in [0.5, 0.6) is 0 Å². The predicted octanol–water partition coefficient (Wildman–Crippen LogP) is 0.453. The smallest absolute Gasteiger partial charge is 0.212 e. The molecule has 0 atom stereocenters. The first-order chi connectivity index (χ1) is 6.91. The average Bonchev–Trinajstić information content (AvgIpc) is 2.45. The van der Waals surface area contributed by atoms with Crippen LogP contribution in [0.3, 0.4) is 0 Å². The molecule has 0 amide bonds. The van der Waals surface area contributed by atoms with Crippen molar-refractivity contribution < 1.29 is 13.0 Å². The Hall–Kier alpha value is -0.950. The molecule has 1 aromatic heterocycles. The molecular formula is C8H15N3O3S. The van der Waals surface area contributed by atoms with Gasteiger partial charge < -0.3 is 0 Å². The highest BCUT2D eigenvalue weighted by Gasteiger charge is 2.14. The molecule has 0 spiro atoms. The van der Waals surface area contributed by atoms with Crippen LogP contribution in [-0.2, 0) is 16.6 Å². The maximum Gasteiger partial charge on any atom is 0.212 e. The molecule has 0 aliphatic rings. The molecule has 0 saturated heterocycles. The maximum absolute atomic E-state index is 11.5. The topological polar surface area (TPSA) is 85.1 Å². The van der Waals surface area contributed by atoms with Gasteiger partial charge in [0, 0.05) is 0 Å². The van der Waals surface area contributed by atoms with Gasteiger partial charge in [-0.25, -0.2) is 17.8 Å². The van der Waals surface area contributed by atoms with Crippen molar-refractivity contribution in [2.24, 2.45) is 5.92 Å². The van der Waals surface area contributed by atoms with Gasteiger partial charge in [-0.15, -0.1) is 0 Å². The number of sulfonamides is 1. The van der Waals surface area contributed by atoms with Crippen LogP contribution in [0.25, 0.3) is 0 Å². The van der Waals surface area contributed by atoms with Crippen molar-refractivity contribution >= 4 is 10.0 Å². The van der Waals surface area contributed by atoms with Crippen LogP contribution in [-0.4, -0.2) is 24.5 Å². The molecule has 1 N–H and O–H groups in total. The lowest BCUT2D eigenvalue weighted by Gasteiger charge is -2.06. The fraction of sp³-hybridized carbons (Fsp3) is 0.750. The van der Waals surface area contributed by atoms with Crippen molar-refractivity contribution in [3.05, 3.63) is 11.4 Å². The van der Waals surface area contributed by atoms with E-state index in [0.717, 1.165) is 0 Å². The van der Waals surface area contributed by atoms with Gasteiger partial charge in [-0.3, -0.25) is 0 Å². The molecule has 86 valence electrons. The van der Waals surface area contributed by atoms with Crippen molar-refractivity contribution in [1.29, 1.82) is 0 Å². The third kappa shape index (κ3) is 3.96. The summed E-state index contributed by atoms with van der Waals surface area (Å²) in [5.41, 5.74) is 1.12. The van der Waals surface area contributed by atoms with Crippen LogP contribution in [0, 0.1) is 12.8 Å². The highest BCUT2D eigenvalue weighted by Crippen LogP contribution is 2.02. The highest BCUT2D eigenvalue weighted by molar-refractivity contribution is 7.89. The van der Waals surface area contributed by atoms with E-state index in [2.05, 4.69) is 19.7 Å². The molecule has 0 saturated carbocycles. The van der Waals surface area contributed by atoms with Crippen molar-refractivity contribution in [2.45, 2.75) is 27.3 Å². The number of hydrogen-bond acceptors (Lipinski definition) is 5. The second-order valence-electron chi connectivity index (χ2n) is 3.79. The van der Waals surface area contributed by atoms with Crippen LogP contribution in [0.1, 0.15) is 25.2 Å². The van der Waals surface area contributed by atoms with E-state index >= 15 is 0 Å². The molecule has 6 nitrogen and oxygen atoms in total. The zero-order chi connectivity index (χ0) is 11.5. The number of hydrogen-bond donors (Lipinski definition) is 1. The predicted molar refractivity (Wildman–Crippen MR) is 54.5 cm³/mol. The van der Waals surface area contributed by atoms with Crippen LogP contribution >= 0.6 is 0 Å². The van der Waals surface area contributed by atoms with Gasteiger partial charge in [-0.05, 0) is 12.8 Å². The Labute approximate surface area is 89.1 Å². The number of rotatable bonds is 5. The lowest BCUT2D eigenvalue weighted by Crippen LogP contribution is -2.28. The van der Waals surface area contributed by atoms with E-state index in [1.165, 1.54) is 0 Å². The van der Waals surface area contributed by atoms with E-state index in [4.69, 9.17) is 0 Å². The minimum atomic E-state index is -3.23. The van der Waals surface area contributed by atoms with Crippen LogP contribution in [0.15, 0.2) is 4.63 Å². The van der Waals surface area contributed by atoms with Crippen molar-refractivity contribution in [3.8, 4) is 0 Å². The van der Waals surface area contributed by atoms with Crippen LogP contribution in [0.2, 0.25) is 0 Å². The standard InChI is InChI=1S/C8H15N3O3S/c1-6(2)5-15(12,13)9-4-8-7(3)10-14-11-8/h6,9H,4-5H2,1-3H3. The minimum Gasteiger partial charge on any atom is -0.244 e. The fourth-order valence-corrected chi connectivity index (χ4v) is 2.44. The first-order valence-corrected chi connectivity index (χ1v) is 6.31. The molecule has 15 heavy (non-hydrogen) atoms. The summed E-state index contributed by atoms with van der Waals surface area (Å²) in [5.74, 6) is 0.205. The number of aromatic nitrogens is 2. The van der Waals surface area contributed by atoms with Gasteiger partial charge in [0.15, 0.2) is 0 Å². The van der Waals surface area contributed by atoms with Crippen molar-refractivity contribution in [3.63, 3.8) is 0 Å². The van der Waals surface area contributed by atoms with E-state index in [1.807, 2.05) is 13.8 Å². The highest BCUT2D eigenvalue weighted by atomic mass is 32.2. The Morgan fingerprint density at radius 1 is 1.40 bits per heavy atom. The van der Waals surface area contributed by atoms with Gasteiger partial charge in [-0.2, -0.15) is 0 Å². The Kier molecular flexibility index (Phi) is 3.81. The third-order valence-electron chi connectivity index (χ3n) is 1.76. The lowest BCUT2D eigenvalue weighted by molar-refractivity contribution is 0.301. The normalized spacial score (nSPS) is 12.3. The van der Waals surface area contributed by atoms with E-state index in [-0.39, 0.29) is 18.2 Å². The van der Waals surface area contributed by atoms with Gasteiger partial charge in [0.2, 0.25) is 10.0 Å². The van der Waals surface area contributed by atoms with E-state index in [0.29, 0.717) is 11.4 Å².